The molecule has 0 aliphatic carbocycles. The van der Waals surface area contributed by atoms with Crippen molar-refractivity contribution < 1.29 is 39.6 Å². The van der Waals surface area contributed by atoms with Gasteiger partial charge < -0.3 is 16.0 Å². The van der Waals surface area contributed by atoms with Crippen LogP contribution in [-0.2, 0) is 29.9 Å². The fourth-order valence-electron chi connectivity index (χ4n) is 14.7. The van der Waals surface area contributed by atoms with Crippen molar-refractivity contribution in [2.75, 3.05) is 33.4 Å². The van der Waals surface area contributed by atoms with Crippen LogP contribution in [0.4, 0.5) is 0 Å². The van der Waals surface area contributed by atoms with Crippen LogP contribution in [0.1, 0.15) is 117 Å². The van der Waals surface area contributed by atoms with Crippen LogP contribution in [0.2, 0.25) is 15.1 Å². The molecule has 16 rings (SSSR count). The molecule has 3 atom stereocenters. The predicted octanol–water partition coefficient (Wildman–Crippen LogP) is 16.1. The molecule has 0 saturated carbocycles. The minimum atomic E-state index is -3.67. The number of aryl methyl sites for hydroxylation is 3. The van der Waals surface area contributed by atoms with E-state index in [2.05, 4.69) is 45.9 Å². The summed E-state index contributed by atoms with van der Waals surface area (Å²) < 4.78 is 82.5. The number of nitrogens with one attached hydrogen (secondary N) is 3. The number of fused-ring (bicyclic) bond motifs is 3. The monoisotopic (exact) mass is 1800 g/mol. The molecule has 32 heteroatoms. The van der Waals surface area contributed by atoms with Crippen molar-refractivity contribution in [3.8, 4) is 50.8 Å². The van der Waals surface area contributed by atoms with E-state index in [9.17, 15) is 54.0 Å². The minimum Gasteiger partial charge on any atom is -0.343 e. The normalized spacial score (nSPS) is 13.1. The molecule has 3 amide bonds. The Labute approximate surface area is 741 Å². The number of hydrogen-bond acceptors (Lipinski definition) is 18. The van der Waals surface area contributed by atoms with Gasteiger partial charge in [0.25, 0.3) is 34.4 Å². The van der Waals surface area contributed by atoms with Crippen molar-refractivity contribution in [2.24, 2.45) is 0 Å². The van der Waals surface area contributed by atoms with E-state index in [1.807, 2.05) is 121 Å². The van der Waals surface area contributed by atoms with Crippen LogP contribution in [0.5, 0.6) is 0 Å². The first kappa shape index (κ1) is 89.2. The summed E-state index contributed by atoms with van der Waals surface area (Å²) in [5, 5.41) is 13.1. The van der Waals surface area contributed by atoms with Gasteiger partial charge in [0.2, 0.25) is 20.0 Å². The second-order valence-electron chi connectivity index (χ2n) is 30.2. The Hall–Kier alpha value is -13.1. The maximum atomic E-state index is 13.8. The van der Waals surface area contributed by atoms with Crippen molar-refractivity contribution in [2.45, 2.75) is 87.2 Å². The van der Waals surface area contributed by atoms with E-state index < -0.39 is 65.7 Å². The summed E-state index contributed by atoms with van der Waals surface area (Å²) in [6.07, 6.45) is 7.37. The lowest BCUT2D eigenvalue weighted by atomic mass is 10.1. The van der Waals surface area contributed by atoms with Crippen molar-refractivity contribution >= 4 is 115 Å². The number of sulfonamides is 2. The predicted molar refractivity (Wildman–Crippen MR) is 490 cm³/mol. The molecule has 126 heavy (non-hydrogen) atoms. The van der Waals surface area contributed by atoms with Gasteiger partial charge in [-0.05, 0) is 180 Å². The molecular formula is C94H83Cl3N14O12S3. The number of pyridine rings is 3. The molecular weight excluding hydrogens is 1720 g/mol. The van der Waals surface area contributed by atoms with E-state index in [4.69, 9.17) is 34.8 Å². The standard InChI is InChI=1S/C33H30ClN5O4S.C31H28ClN5O4S.C30H25ClN4O4S/c1-21(29-19-24-11-9-15-27(34)30(24)33(41)39(29)25-12-4-3-5-13-25)36-32(40)31-22(2)35-20-28(37-31)23-10-8-14-26(18-23)44(42,43)38-16-6-7-17-38;1-19(27-17-22-11-9-15-25(32)28(22)31(39)37(27)23-12-6-5-7-13-23)34-30(38)29-20(2)33-18-26(35-29)21-10-8-14-24(16-21)42(40,41)36(3)4;1-18(26-16-21-8-7-11-24(31)27(21)30(37)35(26)22-9-5-4-6-10-22)33-29(36)28-19(2)32-17-25(34-28)20-12-14-23(15-13-20)40(3,38)39/h3-5,8-15,18-21H,6-7,16-17H2,1-2H3,(H,36,40);5-19H,1-4H3,(H,34,38);4-18H,1-3H3,(H,33,36)/t21-;19-;18-/m000/s1. The molecule has 0 radical (unpaired) electrons. The number of halogens is 3. The number of aromatic nitrogens is 9. The highest BCUT2D eigenvalue weighted by Gasteiger charge is 2.31. The van der Waals surface area contributed by atoms with Gasteiger partial charge in [-0.2, -0.15) is 4.31 Å². The zero-order valence-electron chi connectivity index (χ0n) is 69.5. The highest BCUT2D eigenvalue weighted by Crippen LogP contribution is 2.33. The highest BCUT2D eigenvalue weighted by atomic mass is 35.5. The van der Waals surface area contributed by atoms with Crippen LogP contribution >= 0.6 is 34.8 Å². The Bertz CT molecular complexity index is 7350. The zero-order valence-corrected chi connectivity index (χ0v) is 74.2. The number of sulfone groups is 1. The molecule has 3 N–H and O–H groups in total. The van der Waals surface area contributed by atoms with Crippen LogP contribution in [0.25, 0.3) is 83.2 Å². The molecule has 640 valence electrons. The lowest BCUT2D eigenvalue weighted by molar-refractivity contribution is 0.0924. The van der Waals surface area contributed by atoms with E-state index in [1.165, 1.54) is 61.3 Å². The number of nitrogens with zero attached hydrogens (tertiary/aromatic N) is 11. The van der Waals surface area contributed by atoms with E-state index in [0.717, 1.165) is 23.4 Å². The van der Waals surface area contributed by atoms with Gasteiger partial charge in [0.1, 0.15) is 17.1 Å². The van der Waals surface area contributed by atoms with Gasteiger partial charge in [-0.1, -0.05) is 162 Å². The third kappa shape index (κ3) is 18.8. The highest BCUT2D eigenvalue weighted by molar-refractivity contribution is 7.90. The summed E-state index contributed by atoms with van der Waals surface area (Å²) in [6.45, 7) is 11.4. The molecule has 26 nitrogen and oxygen atoms in total. The SMILES string of the molecule is Cc1ncc(-c2ccc(S(C)(=O)=O)cc2)nc1C(=O)N[C@@H](C)c1cc2cccc(Cl)c2c(=O)n1-c1ccccc1.Cc1ncc(-c2cccc(S(=O)(=O)N(C)C)c2)nc1C(=O)N[C@@H](C)c1cc2cccc(Cl)c2c(=O)n1-c1ccccc1.Cc1ncc(-c2cccc(S(=O)(=O)N3CCCC3)c2)nc1C(=O)N[C@@H](C)c1cc2cccc(Cl)c2c(=O)n1-c1ccccc1. The van der Waals surface area contributed by atoms with Gasteiger partial charge >= 0.3 is 0 Å². The smallest absolute Gasteiger partial charge is 0.272 e. The lowest BCUT2D eigenvalue weighted by Crippen LogP contribution is -2.33. The lowest BCUT2D eigenvalue weighted by Gasteiger charge is -2.21. The Kier molecular flexibility index (Phi) is 26.5. The average molecular weight is 1800 g/mol. The van der Waals surface area contributed by atoms with E-state index >= 15 is 0 Å². The van der Waals surface area contributed by atoms with Crippen LogP contribution < -0.4 is 32.6 Å². The molecule has 0 unspecified atom stereocenters. The largest absolute Gasteiger partial charge is 0.343 e. The van der Waals surface area contributed by atoms with Gasteiger partial charge in [0.15, 0.2) is 9.84 Å². The third-order valence-electron chi connectivity index (χ3n) is 21.3. The molecule has 7 heterocycles. The molecule has 1 aliphatic rings. The number of carbonyl (C=O) groups is 3. The Morgan fingerprint density at radius 1 is 0.389 bits per heavy atom. The molecule has 6 aromatic heterocycles. The van der Waals surface area contributed by atoms with Crippen molar-refractivity contribution in [1.82, 2.24) is 68.2 Å². The van der Waals surface area contributed by atoms with Crippen LogP contribution in [-0.4, -0.2) is 129 Å². The molecule has 15 aromatic rings. The summed E-state index contributed by atoms with van der Waals surface area (Å²) >= 11 is 19.3. The van der Waals surface area contributed by atoms with Gasteiger partial charge in [-0.15, -0.1) is 0 Å². The van der Waals surface area contributed by atoms with Gasteiger partial charge in [-0.25, -0.2) is 44.5 Å². The number of carbonyl (C=O) groups excluding carboxylic acids is 3. The Balaban J connectivity index is 0.000000154. The molecule has 1 aliphatic heterocycles. The molecule has 0 spiro atoms. The molecule has 0 bridgehead atoms. The van der Waals surface area contributed by atoms with E-state index in [-0.39, 0.29) is 48.4 Å². The zero-order chi connectivity index (χ0) is 89.8. The van der Waals surface area contributed by atoms with Crippen molar-refractivity contribution in [3.05, 3.63) is 353 Å². The summed E-state index contributed by atoms with van der Waals surface area (Å²) in [4.78, 5) is 109. The average Bonchev–Trinajstić information content (AvgIpc) is 0.766. The number of para-hydroxylation sites is 3. The fourth-order valence-corrected chi connectivity index (χ4v) is 18.7. The maximum Gasteiger partial charge on any atom is 0.272 e. The topological polar surface area (TPSA) is 340 Å². The number of hydrogen-bond donors (Lipinski definition) is 3. The Morgan fingerprint density at radius 3 is 1.04 bits per heavy atom. The number of rotatable bonds is 20. The van der Waals surface area contributed by atoms with E-state index in [0.29, 0.717) is 145 Å². The van der Waals surface area contributed by atoms with Gasteiger partial charge in [-0.3, -0.25) is 57.4 Å². The quantitative estimate of drug-likeness (QED) is 0.0638. The van der Waals surface area contributed by atoms with Crippen molar-refractivity contribution in [1.29, 1.82) is 0 Å². The summed E-state index contributed by atoms with van der Waals surface area (Å²) in [6, 6.07) is 66.0. The minimum absolute atomic E-state index is 0.0812. The molecule has 1 fully saturated rings. The Morgan fingerprint density at radius 2 is 0.706 bits per heavy atom. The summed E-state index contributed by atoms with van der Waals surface area (Å²) in [7, 11) is -7.73. The van der Waals surface area contributed by atoms with E-state index in [1.54, 1.807) is 146 Å². The van der Waals surface area contributed by atoms with Crippen molar-refractivity contribution in [3.63, 3.8) is 0 Å². The second kappa shape index (κ2) is 37.4. The number of benzene rings is 9. The molecule has 9 aromatic carbocycles. The first-order valence-electron chi connectivity index (χ1n) is 39.7. The van der Waals surface area contributed by atoms with Gasteiger partial charge in [0, 0.05) is 84.3 Å². The summed E-state index contributed by atoms with van der Waals surface area (Å²) in [5.41, 5.74) is 7.00. The first-order chi connectivity index (χ1) is 60.2. The third-order valence-corrected chi connectivity index (χ3v) is 27.1. The number of amides is 3. The van der Waals surface area contributed by atoms with Crippen LogP contribution in [0.15, 0.2) is 284 Å². The molecule has 1 saturated heterocycles. The first-order valence-corrected chi connectivity index (χ1v) is 45.6. The fraction of sp³-hybridized carbons (Fsp3) is 0.170. The second-order valence-corrected chi connectivity index (χ2v) is 37.5. The summed E-state index contributed by atoms with van der Waals surface area (Å²) in [5.74, 6) is -1.45. The van der Waals surface area contributed by atoms with Crippen LogP contribution in [0, 0.1) is 20.8 Å². The van der Waals surface area contributed by atoms with Gasteiger partial charge in [0.05, 0.1) is 117 Å². The van der Waals surface area contributed by atoms with Crippen LogP contribution in [0.3, 0.4) is 0 Å². The maximum absolute atomic E-state index is 13.8.